The fourth-order valence-electron chi connectivity index (χ4n) is 3.94. The standard InChI is InChI=1S/C20H28N4O4/c25-19(6-3-11-21-17-7-9-18(10-8-17)24(27)28)22-12-14-23(15-13-22)20(26)16-4-1-2-5-16/h7-10,16,21H,1-6,11-15H2. The number of nitro groups is 1. The zero-order valence-electron chi connectivity index (χ0n) is 16.1. The molecule has 8 heteroatoms. The van der Waals surface area contributed by atoms with E-state index in [0.717, 1.165) is 31.4 Å². The number of non-ortho nitro benzene ring substituents is 1. The molecule has 2 amide bonds. The molecule has 0 radical (unpaired) electrons. The Morgan fingerprint density at radius 3 is 2.25 bits per heavy atom. The van der Waals surface area contributed by atoms with Gasteiger partial charge in [-0.2, -0.15) is 0 Å². The summed E-state index contributed by atoms with van der Waals surface area (Å²) in [7, 11) is 0. The summed E-state index contributed by atoms with van der Waals surface area (Å²) in [5, 5.41) is 13.8. The summed E-state index contributed by atoms with van der Waals surface area (Å²) >= 11 is 0. The van der Waals surface area contributed by atoms with Crippen molar-refractivity contribution >= 4 is 23.2 Å². The Morgan fingerprint density at radius 2 is 1.64 bits per heavy atom. The maximum atomic E-state index is 12.5. The highest BCUT2D eigenvalue weighted by Gasteiger charge is 2.30. The molecular weight excluding hydrogens is 360 g/mol. The van der Waals surface area contributed by atoms with Gasteiger partial charge in [0, 0.05) is 62.9 Å². The molecule has 1 aliphatic carbocycles. The van der Waals surface area contributed by atoms with Gasteiger partial charge in [-0.15, -0.1) is 0 Å². The lowest BCUT2D eigenvalue weighted by Gasteiger charge is -2.36. The van der Waals surface area contributed by atoms with Gasteiger partial charge in [-0.25, -0.2) is 0 Å². The molecule has 1 heterocycles. The molecule has 1 aromatic rings. The fraction of sp³-hybridized carbons (Fsp3) is 0.600. The lowest BCUT2D eigenvalue weighted by Crippen LogP contribution is -2.51. The molecule has 8 nitrogen and oxygen atoms in total. The Hall–Kier alpha value is -2.64. The van der Waals surface area contributed by atoms with E-state index in [9.17, 15) is 19.7 Å². The third-order valence-electron chi connectivity index (χ3n) is 5.62. The summed E-state index contributed by atoms with van der Waals surface area (Å²) < 4.78 is 0. The number of carbonyl (C=O) groups is 2. The summed E-state index contributed by atoms with van der Waals surface area (Å²) in [5.41, 5.74) is 0.864. The predicted octanol–water partition coefficient (Wildman–Crippen LogP) is 2.65. The Bertz CT molecular complexity index is 693. The molecule has 0 aromatic heterocycles. The molecule has 2 fully saturated rings. The number of anilines is 1. The second-order valence-electron chi connectivity index (χ2n) is 7.52. The molecule has 1 saturated carbocycles. The Morgan fingerprint density at radius 1 is 1.04 bits per heavy atom. The second-order valence-corrected chi connectivity index (χ2v) is 7.52. The lowest BCUT2D eigenvalue weighted by atomic mass is 10.1. The van der Waals surface area contributed by atoms with E-state index in [1.807, 2.05) is 9.80 Å². The van der Waals surface area contributed by atoms with Crippen LogP contribution in [0.25, 0.3) is 0 Å². The fourth-order valence-corrected chi connectivity index (χ4v) is 3.94. The molecule has 1 saturated heterocycles. The Kier molecular flexibility index (Phi) is 6.84. The Balaban J connectivity index is 1.33. The first kappa shape index (κ1) is 20.1. The third-order valence-corrected chi connectivity index (χ3v) is 5.62. The summed E-state index contributed by atoms with van der Waals surface area (Å²) in [6.45, 7) is 3.15. The van der Waals surface area contributed by atoms with E-state index in [4.69, 9.17) is 0 Å². The van der Waals surface area contributed by atoms with Crippen molar-refractivity contribution in [2.24, 2.45) is 5.92 Å². The van der Waals surface area contributed by atoms with Gasteiger partial charge in [0.25, 0.3) is 5.69 Å². The number of rotatable bonds is 7. The van der Waals surface area contributed by atoms with Crippen LogP contribution in [-0.4, -0.2) is 59.3 Å². The van der Waals surface area contributed by atoms with E-state index in [1.54, 1.807) is 12.1 Å². The number of hydrogen-bond acceptors (Lipinski definition) is 5. The van der Waals surface area contributed by atoms with Crippen LogP contribution in [0.1, 0.15) is 38.5 Å². The number of nitro benzene ring substituents is 1. The number of nitrogens with one attached hydrogen (secondary N) is 1. The van der Waals surface area contributed by atoms with E-state index in [-0.39, 0.29) is 23.4 Å². The van der Waals surface area contributed by atoms with Crippen molar-refractivity contribution in [2.75, 3.05) is 38.0 Å². The molecule has 0 unspecified atom stereocenters. The van der Waals surface area contributed by atoms with Crippen LogP contribution in [0.15, 0.2) is 24.3 Å². The summed E-state index contributed by atoms with van der Waals surface area (Å²) in [6, 6.07) is 6.25. The highest BCUT2D eigenvalue weighted by Crippen LogP contribution is 2.27. The van der Waals surface area contributed by atoms with Crippen molar-refractivity contribution in [3.63, 3.8) is 0 Å². The highest BCUT2D eigenvalue weighted by molar-refractivity contribution is 5.80. The first-order chi connectivity index (χ1) is 13.5. The smallest absolute Gasteiger partial charge is 0.269 e. The van der Waals surface area contributed by atoms with Crippen LogP contribution in [0, 0.1) is 16.0 Å². The van der Waals surface area contributed by atoms with Gasteiger partial charge in [0.1, 0.15) is 0 Å². The highest BCUT2D eigenvalue weighted by atomic mass is 16.6. The molecule has 3 rings (SSSR count). The van der Waals surface area contributed by atoms with E-state index < -0.39 is 4.92 Å². The SMILES string of the molecule is O=C(CCCNc1ccc([N+](=O)[O-])cc1)N1CCN(C(=O)C2CCCC2)CC1. The minimum absolute atomic E-state index is 0.0614. The van der Waals surface area contributed by atoms with Crippen molar-refractivity contribution in [3.8, 4) is 0 Å². The molecule has 0 spiro atoms. The Labute approximate surface area is 165 Å². The van der Waals surface area contributed by atoms with Gasteiger partial charge >= 0.3 is 0 Å². The van der Waals surface area contributed by atoms with Gasteiger partial charge in [-0.1, -0.05) is 12.8 Å². The van der Waals surface area contributed by atoms with E-state index in [2.05, 4.69) is 5.32 Å². The van der Waals surface area contributed by atoms with Crippen LogP contribution in [0.5, 0.6) is 0 Å². The minimum Gasteiger partial charge on any atom is -0.385 e. The van der Waals surface area contributed by atoms with Gasteiger partial charge in [0.05, 0.1) is 4.92 Å². The number of benzene rings is 1. The van der Waals surface area contributed by atoms with Gasteiger partial charge in [0.15, 0.2) is 0 Å². The molecule has 152 valence electrons. The van der Waals surface area contributed by atoms with Gasteiger partial charge in [0.2, 0.25) is 11.8 Å². The van der Waals surface area contributed by atoms with Gasteiger partial charge in [-0.05, 0) is 31.4 Å². The van der Waals surface area contributed by atoms with Crippen LogP contribution in [-0.2, 0) is 9.59 Å². The minimum atomic E-state index is -0.427. The quantitative estimate of drug-likeness (QED) is 0.440. The number of nitrogens with zero attached hydrogens (tertiary/aromatic N) is 3. The van der Waals surface area contributed by atoms with Crippen LogP contribution < -0.4 is 5.32 Å². The zero-order valence-corrected chi connectivity index (χ0v) is 16.1. The average Bonchev–Trinajstić information content (AvgIpc) is 3.26. The first-order valence-corrected chi connectivity index (χ1v) is 10.1. The molecule has 1 N–H and O–H groups in total. The maximum absolute atomic E-state index is 12.5. The summed E-state index contributed by atoms with van der Waals surface area (Å²) in [5.74, 6) is 0.600. The average molecular weight is 388 g/mol. The second kappa shape index (κ2) is 9.52. The van der Waals surface area contributed by atoms with Crippen LogP contribution in [0.3, 0.4) is 0 Å². The zero-order chi connectivity index (χ0) is 19.9. The first-order valence-electron chi connectivity index (χ1n) is 10.1. The van der Waals surface area contributed by atoms with Crippen LogP contribution in [0.2, 0.25) is 0 Å². The third kappa shape index (κ3) is 5.21. The van der Waals surface area contributed by atoms with E-state index in [1.165, 1.54) is 12.1 Å². The number of hydrogen-bond donors (Lipinski definition) is 1. The lowest BCUT2D eigenvalue weighted by molar-refractivity contribution is -0.384. The maximum Gasteiger partial charge on any atom is 0.269 e. The molecule has 2 aliphatic rings. The largest absolute Gasteiger partial charge is 0.385 e. The predicted molar refractivity (Wildman–Crippen MR) is 106 cm³/mol. The number of carbonyl (C=O) groups excluding carboxylic acids is 2. The molecule has 28 heavy (non-hydrogen) atoms. The summed E-state index contributed by atoms with van der Waals surface area (Å²) in [4.78, 5) is 38.8. The van der Waals surface area contributed by atoms with Crippen molar-refractivity contribution in [2.45, 2.75) is 38.5 Å². The molecule has 0 bridgehead atoms. The number of piperazine rings is 1. The summed E-state index contributed by atoms with van der Waals surface area (Å²) in [6.07, 6.45) is 5.48. The molecular formula is C20H28N4O4. The molecule has 1 aromatic carbocycles. The van der Waals surface area contributed by atoms with Crippen LogP contribution in [0.4, 0.5) is 11.4 Å². The molecule has 0 atom stereocenters. The van der Waals surface area contributed by atoms with E-state index >= 15 is 0 Å². The topological polar surface area (TPSA) is 95.8 Å². The van der Waals surface area contributed by atoms with Gasteiger partial charge in [-0.3, -0.25) is 19.7 Å². The normalized spacial score (nSPS) is 17.6. The number of amides is 2. The van der Waals surface area contributed by atoms with Gasteiger partial charge < -0.3 is 15.1 Å². The van der Waals surface area contributed by atoms with Crippen molar-refractivity contribution < 1.29 is 14.5 Å². The van der Waals surface area contributed by atoms with Crippen molar-refractivity contribution in [1.82, 2.24) is 9.80 Å². The van der Waals surface area contributed by atoms with Crippen molar-refractivity contribution in [1.29, 1.82) is 0 Å². The molecule has 1 aliphatic heterocycles. The monoisotopic (exact) mass is 388 g/mol. The van der Waals surface area contributed by atoms with Crippen molar-refractivity contribution in [3.05, 3.63) is 34.4 Å². The van der Waals surface area contributed by atoms with E-state index in [0.29, 0.717) is 45.6 Å². The van der Waals surface area contributed by atoms with Crippen LogP contribution >= 0.6 is 0 Å².